The summed E-state index contributed by atoms with van der Waals surface area (Å²) in [5, 5.41) is 0. The molecule has 0 N–H and O–H groups in total. The van der Waals surface area contributed by atoms with Crippen LogP contribution in [0.4, 0.5) is 0 Å². The second-order valence-corrected chi connectivity index (χ2v) is 5.68. The molecule has 0 bridgehead atoms. The molecule has 0 aliphatic heterocycles. The minimum Gasteiger partial charge on any atom is -0.497 e. The highest BCUT2D eigenvalue weighted by Crippen LogP contribution is 2.15. The fourth-order valence-electron chi connectivity index (χ4n) is 2.67. The highest BCUT2D eigenvalue weighted by atomic mass is 16.5. The Hall–Kier alpha value is -3.28. The molecule has 0 radical (unpaired) electrons. The smallest absolute Gasteiger partial charge is 0.320 e. The molecule has 134 valence electrons. The zero-order valence-electron chi connectivity index (χ0n) is 14.7. The molecule has 6 nitrogen and oxygen atoms in total. The lowest BCUT2D eigenvalue weighted by Crippen LogP contribution is -2.40. The Morgan fingerprint density at radius 3 is 2.38 bits per heavy atom. The van der Waals surface area contributed by atoms with Crippen molar-refractivity contribution in [2.75, 3.05) is 13.7 Å². The summed E-state index contributed by atoms with van der Waals surface area (Å²) in [7, 11) is 1.59. The number of hydrogen-bond donors (Lipinski definition) is 0. The molecule has 0 saturated carbocycles. The van der Waals surface area contributed by atoms with Crippen molar-refractivity contribution in [2.24, 2.45) is 0 Å². The highest BCUT2D eigenvalue weighted by molar-refractivity contribution is 5.37. The average Bonchev–Trinajstić information content (AvgIpc) is 2.67. The molecule has 3 rings (SSSR count). The molecule has 3 aromatic rings. The SMILES string of the molecule is CCOc1ccc(-n2ccn(Cc3cccc(OC)c3)c(=O)c2=O)cc1. The van der Waals surface area contributed by atoms with Crippen LogP contribution in [-0.2, 0) is 6.54 Å². The van der Waals surface area contributed by atoms with Gasteiger partial charge in [0.05, 0.1) is 20.3 Å². The third-order valence-corrected chi connectivity index (χ3v) is 3.97. The van der Waals surface area contributed by atoms with Crippen LogP contribution >= 0.6 is 0 Å². The lowest BCUT2D eigenvalue weighted by atomic mass is 10.2. The number of rotatable bonds is 6. The van der Waals surface area contributed by atoms with E-state index in [1.165, 1.54) is 9.13 Å². The van der Waals surface area contributed by atoms with E-state index in [0.29, 0.717) is 24.6 Å². The van der Waals surface area contributed by atoms with Gasteiger partial charge in [-0.25, -0.2) is 0 Å². The summed E-state index contributed by atoms with van der Waals surface area (Å²) < 4.78 is 13.3. The van der Waals surface area contributed by atoms with E-state index in [4.69, 9.17) is 9.47 Å². The van der Waals surface area contributed by atoms with Crippen LogP contribution in [0.5, 0.6) is 11.5 Å². The number of nitrogens with zero attached hydrogens (tertiary/aromatic N) is 2. The summed E-state index contributed by atoms with van der Waals surface area (Å²) in [6, 6.07) is 14.4. The number of methoxy groups -OCH3 is 1. The van der Waals surface area contributed by atoms with E-state index in [2.05, 4.69) is 0 Å². The van der Waals surface area contributed by atoms with Crippen LogP contribution in [0.3, 0.4) is 0 Å². The molecule has 0 saturated heterocycles. The number of hydrogen-bond acceptors (Lipinski definition) is 4. The van der Waals surface area contributed by atoms with Crippen LogP contribution in [0.15, 0.2) is 70.5 Å². The molecule has 0 fully saturated rings. The fourth-order valence-corrected chi connectivity index (χ4v) is 2.67. The van der Waals surface area contributed by atoms with Crippen LogP contribution in [0.25, 0.3) is 5.69 Å². The maximum atomic E-state index is 12.5. The Morgan fingerprint density at radius 1 is 0.923 bits per heavy atom. The van der Waals surface area contributed by atoms with E-state index in [9.17, 15) is 9.59 Å². The van der Waals surface area contributed by atoms with Crippen molar-refractivity contribution in [1.82, 2.24) is 9.13 Å². The maximum absolute atomic E-state index is 12.5. The molecule has 2 aromatic carbocycles. The third kappa shape index (κ3) is 3.69. The second-order valence-electron chi connectivity index (χ2n) is 5.68. The predicted octanol–water partition coefficient (Wildman–Crippen LogP) is 2.45. The first-order valence-electron chi connectivity index (χ1n) is 8.30. The predicted molar refractivity (Wildman–Crippen MR) is 99.6 cm³/mol. The first kappa shape index (κ1) is 17.5. The van der Waals surface area contributed by atoms with E-state index < -0.39 is 11.1 Å². The van der Waals surface area contributed by atoms with Gasteiger partial charge < -0.3 is 14.0 Å². The monoisotopic (exact) mass is 352 g/mol. The molecule has 1 aromatic heterocycles. The van der Waals surface area contributed by atoms with Crippen molar-refractivity contribution in [3.63, 3.8) is 0 Å². The Kier molecular flexibility index (Phi) is 5.22. The molecule has 0 aliphatic carbocycles. The molecular weight excluding hydrogens is 332 g/mol. The lowest BCUT2D eigenvalue weighted by molar-refractivity contribution is 0.340. The minimum absolute atomic E-state index is 0.301. The molecule has 0 spiro atoms. The van der Waals surface area contributed by atoms with Gasteiger partial charge in [0.2, 0.25) is 0 Å². The first-order chi connectivity index (χ1) is 12.6. The van der Waals surface area contributed by atoms with Crippen LogP contribution in [0.1, 0.15) is 12.5 Å². The summed E-state index contributed by atoms with van der Waals surface area (Å²) in [4.78, 5) is 25.0. The van der Waals surface area contributed by atoms with Gasteiger partial charge in [-0.1, -0.05) is 12.1 Å². The average molecular weight is 352 g/mol. The molecular formula is C20H20N2O4. The summed E-state index contributed by atoms with van der Waals surface area (Å²) in [6.45, 7) is 2.77. The normalized spacial score (nSPS) is 10.5. The van der Waals surface area contributed by atoms with Crippen LogP contribution in [0, 0.1) is 0 Å². The van der Waals surface area contributed by atoms with Crippen molar-refractivity contribution in [3.05, 3.63) is 87.2 Å². The van der Waals surface area contributed by atoms with Crippen molar-refractivity contribution >= 4 is 0 Å². The number of benzene rings is 2. The Morgan fingerprint density at radius 2 is 1.69 bits per heavy atom. The first-order valence-corrected chi connectivity index (χ1v) is 8.30. The van der Waals surface area contributed by atoms with Gasteiger partial charge in [0.1, 0.15) is 11.5 Å². The van der Waals surface area contributed by atoms with E-state index >= 15 is 0 Å². The van der Waals surface area contributed by atoms with Gasteiger partial charge in [0, 0.05) is 18.1 Å². The van der Waals surface area contributed by atoms with Gasteiger partial charge in [-0.15, -0.1) is 0 Å². The summed E-state index contributed by atoms with van der Waals surface area (Å²) in [5.74, 6) is 1.42. The van der Waals surface area contributed by atoms with Crippen molar-refractivity contribution in [3.8, 4) is 17.2 Å². The van der Waals surface area contributed by atoms with Crippen LogP contribution in [-0.4, -0.2) is 22.9 Å². The van der Waals surface area contributed by atoms with Crippen molar-refractivity contribution in [1.29, 1.82) is 0 Å². The molecule has 0 aliphatic rings. The van der Waals surface area contributed by atoms with E-state index in [1.54, 1.807) is 43.8 Å². The largest absolute Gasteiger partial charge is 0.497 e. The fraction of sp³-hybridized carbons (Fsp3) is 0.200. The van der Waals surface area contributed by atoms with Crippen LogP contribution < -0.4 is 20.6 Å². The molecule has 0 amide bonds. The Labute approximate surface area is 150 Å². The third-order valence-electron chi connectivity index (χ3n) is 3.97. The van der Waals surface area contributed by atoms with Gasteiger partial charge in [-0.2, -0.15) is 0 Å². The van der Waals surface area contributed by atoms with Gasteiger partial charge in [-0.3, -0.25) is 14.2 Å². The topological polar surface area (TPSA) is 62.5 Å². The quantitative estimate of drug-likeness (QED) is 0.640. The standard InChI is InChI=1S/C20H20N2O4/c1-3-26-17-9-7-16(8-10-17)22-12-11-21(19(23)20(22)24)14-15-5-4-6-18(13-15)25-2/h4-13H,3,14H2,1-2H3. The van der Waals surface area contributed by atoms with Crippen LogP contribution in [0.2, 0.25) is 0 Å². The summed E-state index contributed by atoms with van der Waals surface area (Å²) in [5.41, 5.74) is 0.317. The van der Waals surface area contributed by atoms with Gasteiger partial charge in [0.25, 0.3) is 0 Å². The molecule has 0 unspecified atom stereocenters. The number of aromatic nitrogens is 2. The zero-order valence-corrected chi connectivity index (χ0v) is 14.7. The van der Waals surface area contributed by atoms with E-state index in [1.807, 2.05) is 31.2 Å². The Balaban J connectivity index is 1.91. The molecule has 26 heavy (non-hydrogen) atoms. The molecule has 1 heterocycles. The highest BCUT2D eigenvalue weighted by Gasteiger charge is 2.08. The Bertz CT molecular complexity index is 1000. The molecule has 6 heteroatoms. The van der Waals surface area contributed by atoms with E-state index in [-0.39, 0.29) is 0 Å². The lowest BCUT2D eigenvalue weighted by Gasteiger charge is -2.10. The summed E-state index contributed by atoms with van der Waals surface area (Å²) in [6.07, 6.45) is 3.21. The van der Waals surface area contributed by atoms with Crippen molar-refractivity contribution in [2.45, 2.75) is 13.5 Å². The molecule has 0 atom stereocenters. The summed E-state index contributed by atoms with van der Waals surface area (Å²) >= 11 is 0. The minimum atomic E-state index is -0.598. The van der Waals surface area contributed by atoms with Gasteiger partial charge in [0.15, 0.2) is 0 Å². The van der Waals surface area contributed by atoms with Crippen molar-refractivity contribution < 1.29 is 9.47 Å². The van der Waals surface area contributed by atoms with E-state index in [0.717, 1.165) is 11.3 Å². The zero-order chi connectivity index (χ0) is 18.5. The second kappa shape index (κ2) is 7.74. The maximum Gasteiger partial charge on any atom is 0.320 e. The van der Waals surface area contributed by atoms with Gasteiger partial charge in [-0.05, 0) is 48.9 Å². The van der Waals surface area contributed by atoms with Gasteiger partial charge >= 0.3 is 11.1 Å². The number of ether oxygens (including phenoxy) is 2.